The van der Waals surface area contributed by atoms with Crippen LogP contribution in [0.2, 0.25) is 0 Å². The second kappa shape index (κ2) is 27.7. The number of nitrogens with one attached hydrogen (secondary N) is 1. The summed E-state index contributed by atoms with van der Waals surface area (Å²) in [7, 11) is 8.32. The maximum atomic E-state index is 12.8. The van der Waals surface area contributed by atoms with Gasteiger partial charge in [0.1, 0.15) is 28.8 Å². The fourth-order valence-corrected chi connectivity index (χ4v) is 8.18. The molecule has 1 amide bonds. The molecule has 0 spiro atoms. The van der Waals surface area contributed by atoms with Gasteiger partial charge in [0.05, 0.1) is 45.2 Å². The fourth-order valence-electron chi connectivity index (χ4n) is 7.86. The zero-order chi connectivity index (χ0) is 49.1. The van der Waals surface area contributed by atoms with E-state index >= 15 is 0 Å². The Bertz CT molecular complexity index is 2150. The Morgan fingerprint density at radius 3 is 1.88 bits per heavy atom. The molecule has 0 bridgehead atoms. The monoisotopic (exact) mass is 981 g/mol. The molecule has 0 saturated heterocycles. The van der Waals surface area contributed by atoms with Crippen LogP contribution in [-0.2, 0) is 27.1 Å². The van der Waals surface area contributed by atoms with Gasteiger partial charge >= 0.3 is 5.97 Å². The number of ether oxygens (including phenoxy) is 5. The number of carbonyl (C=O) groups is 2. The molecule has 1 saturated carbocycles. The largest absolute Gasteiger partial charge is 0.508 e. The molecule has 4 N–H and O–H groups in total. The third-order valence-electron chi connectivity index (χ3n) is 11.7. The molecule has 0 aliphatic heterocycles. The van der Waals surface area contributed by atoms with Gasteiger partial charge in [-0.1, -0.05) is 67.9 Å². The molecule has 6 rings (SSSR count). The quantitative estimate of drug-likeness (QED) is 0.0830. The van der Waals surface area contributed by atoms with Gasteiger partial charge in [-0.05, 0) is 122 Å². The van der Waals surface area contributed by atoms with E-state index in [2.05, 4.69) is 59.8 Å². The molecule has 4 atom stereocenters. The fraction of sp³-hybridized carbons (Fsp3) is 0.500. The number of phenols is 1. The summed E-state index contributed by atoms with van der Waals surface area (Å²) in [6.45, 7) is 14.9. The van der Waals surface area contributed by atoms with Gasteiger partial charge in [0.15, 0.2) is 5.76 Å². The number of phenolic OH excluding ortho intramolecular Hbond substituents is 1. The highest BCUT2D eigenvalue weighted by Gasteiger charge is 2.35. The number of furan rings is 2. The van der Waals surface area contributed by atoms with Crippen LogP contribution in [0, 0.1) is 25.7 Å². The summed E-state index contributed by atoms with van der Waals surface area (Å²) < 4.78 is 37.1. The van der Waals surface area contributed by atoms with Crippen molar-refractivity contribution in [2.75, 3.05) is 47.5 Å². The van der Waals surface area contributed by atoms with Gasteiger partial charge in [-0.25, -0.2) is 4.79 Å². The van der Waals surface area contributed by atoms with E-state index in [9.17, 15) is 19.8 Å². The van der Waals surface area contributed by atoms with Crippen molar-refractivity contribution >= 4 is 27.8 Å². The van der Waals surface area contributed by atoms with Crippen LogP contribution in [0.3, 0.4) is 0 Å². The number of alkyl halides is 1. The van der Waals surface area contributed by atoms with Gasteiger partial charge in [-0.2, -0.15) is 0 Å². The minimum absolute atomic E-state index is 0.0431. The van der Waals surface area contributed by atoms with E-state index in [-0.39, 0.29) is 47.5 Å². The van der Waals surface area contributed by atoms with Crippen molar-refractivity contribution in [2.45, 2.75) is 111 Å². The molecule has 66 heavy (non-hydrogen) atoms. The van der Waals surface area contributed by atoms with Crippen LogP contribution >= 0.6 is 15.9 Å². The van der Waals surface area contributed by atoms with Crippen molar-refractivity contribution in [3.8, 4) is 17.2 Å². The van der Waals surface area contributed by atoms with E-state index in [0.29, 0.717) is 36.0 Å². The van der Waals surface area contributed by atoms with E-state index in [1.165, 1.54) is 6.07 Å². The van der Waals surface area contributed by atoms with Gasteiger partial charge in [-0.15, -0.1) is 0 Å². The Balaban J connectivity index is 0.000000274. The highest BCUT2D eigenvalue weighted by molar-refractivity contribution is 9.09. The Hall–Kier alpha value is -4.86. The summed E-state index contributed by atoms with van der Waals surface area (Å²) in [6, 6.07) is 16.0. The summed E-state index contributed by atoms with van der Waals surface area (Å²) in [5.74, 6) is 2.95. The van der Waals surface area contributed by atoms with Gasteiger partial charge in [0.2, 0.25) is 5.76 Å². The lowest BCUT2D eigenvalue weighted by Crippen LogP contribution is -2.54. The molecule has 14 heteroatoms. The van der Waals surface area contributed by atoms with Crippen LogP contribution in [0.4, 0.5) is 0 Å². The van der Waals surface area contributed by atoms with Gasteiger partial charge in [0.25, 0.3) is 5.91 Å². The molecule has 2 aliphatic carbocycles. The van der Waals surface area contributed by atoms with E-state index < -0.39 is 12.1 Å². The highest BCUT2D eigenvalue weighted by Crippen LogP contribution is 2.32. The van der Waals surface area contributed by atoms with E-state index in [1.807, 2.05) is 57.2 Å². The molecular formula is C52H72BrNO12. The normalized spacial score (nSPS) is 18.9. The first-order chi connectivity index (χ1) is 31.4. The van der Waals surface area contributed by atoms with Crippen molar-refractivity contribution in [3.63, 3.8) is 0 Å². The van der Waals surface area contributed by atoms with Crippen molar-refractivity contribution in [3.05, 3.63) is 123 Å². The molecule has 2 aromatic carbocycles. The molecule has 4 unspecified atom stereocenters. The number of carboxylic acids is 1. The Morgan fingerprint density at radius 2 is 1.39 bits per heavy atom. The molecule has 2 aromatic heterocycles. The number of aryl methyl sites for hydroxylation is 1. The molecule has 0 radical (unpaired) electrons. The number of methoxy groups -OCH3 is 5. The molecule has 13 nitrogen and oxygen atoms in total. The van der Waals surface area contributed by atoms with Crippen molar-refractivity contribution in [2.24, 2.45) is 11.8 Å². The van der Waals surface area contributed by atoms with Gasteiger partial charge < -0.3 is 53.2 Å². The summed E-state index contributed by atoms with van der Waals surface area (Å²) in [5, 5.41) is 33.0. The minimum atomic E-state index is -1.06. The Labute approximate surface area is 399 Å². The molecular weight excluding hydrogens is 910 g/mol. The summed E-state index contributed by atoms with van der Waals surface area (Å²) in [5.41, 5.74) is 6.12. The smallest absolute Gasteiger partial charge is 0.371 e. The number of aromatic carboxylic acids is 1. The predicted molar refractivity (Wildman–Crippen MR) is 261 cm³/mol. The highest BCUT2D eigenvalue weighted by atomic mass is 79.9. The number of amides is 1. The number of allylic oxidation sites excluding steroid dienone is 2. The van der Waals surface area contributed by atoms with E-state index in [1.54, 1.807) is 53.7 Å². The molecule has 2 aliphatic rings. The van der Waals surface area contributed by atoms with Crippen LogP contribution in [-0.4, -0.2) is 99.0 Å². The van der Waals surface area contributed by atoms with Crippen molar-refractivity contribution in [1.82, 2.24) is 5.32 Å². The van der Waals surface area contributed by atoms with Gasteiger partial charge in [0, 0.05) is 51.0 Å². The van der Waals surface area contributed by atoms with Crippen LogP contribution in [0.15, 0.2) is 86.7 Å². The zero-order valence-corrected chi connectivity index (χ0v) is 42.3. The molecule has 1 fully saturated rings. The van der Waals surface area contributed by atoms with Crippen molar-refractivity contribution < 1.29 is 57.4 Å². The number of hydrogen-bond acceptors (Lipinski definition) is 11. The maximum Gasteiger partial charge on any atom is 0.371 e. The number of aromatic hydroxyl groups is 1. The standard InChI is InChI=1S/C24H33NO5.C16H20O4.C9H12O2.C3H7BrO/c1-14(2)18-13-16(15(3)11-19(18)26)12-17-9-10-22(30-17)24(27)25-23-20(28-4)7-6-8-21(23)29-5;1-9(2)13-8-11(10(3)6-14(13)17)7-12-4-5-15(20-12)16(18)19;1-7-8(10-2)5-4-6-9(7)11-3;1-5-3-2-4/h9-11,13-14,20-21,23,26H,6-8,12H2,1-5H3,(H,25,27);4-6,8-9,13-14,17H,7H2,1-3H3,(H,18,19);4-6H,1-3H3;2-3H2,1H3. The number of aliphatic hydroxyl groups excluding tert-OH is 1. The number of carbonyl (C=O) groups excluding carboxylic acids is 1. The van der Waals surface area contributed by atoms with E-state index in [4.69, 9.17) is 32.9 Å². The second-order valence-electron chi connectivity index (χ2n) is 17.0. The average molecular weight is 983 g/mol. The lowest BCUT2D eigenvalue weighted by atomic mass is 9.81. The van der Waals surface area contributed by atoms with E-state index in [0.717, 1.165) is 76.1 Å². The summed E-state index contributed by atoms with van der Waals surface area (Å²) >= 11 is 3.18. The lowest BCUT2D eigenvalue weighted by Gasteiger charge is -2.36. The van der Waals surface area contributed by atoms with Crippen molar-refractivity contribution in [1.29, 1.82) is 0 Å². The SMILES string of the molecule is CC1=CC(O)C(C(C)C)C=C1Cc1ccc(C(=O)O)o1.COC1CCCC(OC)C1NC(=O)c1ccc(Cc2cc(C(C)C)c(O)cc2C)o1.COCCBr.COc1cccc(OC)c1C. The van der Waals surface area contributed by atoms with Crippen LogP contribution < -0.4 is 14.8 Å². The van der Waals surface area contributed by atoms with Crippen LogP contribution in [0.25, 0.3) is 0 Å². The molecule has 4 aromatic rings. The summed E-state index contributed by atoms with van der Waals surface area (Å²) in [6.07, 6.45) is 7.24. The number of benzene rings is 2. The number of carboxylic acid groups (broad SMARTS) is 1. The predicted octanol–water partition coefficient (Wildman–Crippen LogP) is 10.4. The lowest BCUT2D eigenvalue weighted by molar-refractivity contribution is -0.0387. The van der Waals surface area contributed by atoms with Gasteiger partial charge in [-0.3, -0.25) is 4.79 Å². The first kappa shape index (κ1) is 55.5. The number of aliphatic hydroxyl groups is 1. The zero-order valence-electron chi connectivity index (χ0n) is 40.7. The molecule has 2 heterocycles. The minimum Gasteiger partial charge on any atom is -0.508 e. The Kier molecular flexibility index (Phi) is 23.3. The molecule has 364 valence electrons. The maximum absolute atomic E-state index is 12.8. The third kappa shape index (κ3) is 16.2. The first-order valence-electron chi connectivity index (χ1n) is 22.3. The number of halogens is 1. The average Bonchev–Trinajstić information content (AvgIpc) is 3.97. The Morgan fingerprint density at radius 1 is 0.818 bits per heavy atom. The number of hydrogen-bond donors (Lipinski definition) is 4. The second-order valence-corrected chi connectivity index (χ2v) is 17.8. The van der Waals surface area contributed by atoms with Crippen LogP contribution in [0.5, 0.6) is 17.2 Å². The topological polar surface area (TPSA) is 179 Å². The first-order valence-corrected chi connectivity index (χ1v) is 23.4. The summed E-state index contributed by atoms with van der Waals surface area (Å²) in [4.78, 5) is 23.6. The number of rotatable bonds is 15. The third-order valence-corrected chi connectivity index (χ3v) is 12.0. The van der Waals surface area contributed by atoms with Crippen LogP contribution in [0.1, 0.15) is 115 Å².